The molecular formula is C15H22N4. The van der Waals surface area contributed by atoms with Crippen LogP contribution < -0.4 is 5.32 Å². The summed E-state index contributed by atoms with van der Waals surface area (Å²) in [6, 6.07) is 8.94. The maximum atomic E-state index is 3.84. The molecule has 2 rings (SSSR count). The lowest BCUT2D eigenvalue weighted by molar-refractivity contribution is 0.586. The standard InChI is InChI=1S/C15H22N4/c1-3-6-13(7-4-2)18-14-8-5-9-15(10-14)19-11-16-17-12-19/h5,8-13,18H,3-4,6-7H2,1-2H3. The van der Waals surface area contributed by atoms with Gasteiger partial charge >= 0.3 is 0 Å². The molecule has 4 nitrogen and oxygen atoms in total. The van der Waals surface area contributed by atoms with Crippen LogP contribution in [0.4, 0.5) is 5.69 Å². The fourth-order valence-corrected chi connectivity index (χ4v) is 2.31. The van der Waals surface area contributed by atoms with Crippen LogP contribution in [0.3, 0.4) is 0 Å². The van der Waals surface area contributed by atoms with E-state index >= 15 is 0 Å². The van der Waals surface area contributed by atoms with E-state index in [-0.39, 0.29) is 0 Å². The van der Waals surface area contributed by atoms with E-state index in [2.05, 4.69) is 53.6 Å². The summed E-state index contributed by atoms with van der Waals surface area (Å²) in [5.41, 5.74) is 2.25. The van der Waals surface area contributed by atoms with Crippen LogP contribution in [0.15, 0.2) is 36.9 Å². The molecule has 0 atom stereocenters. The molecule has 1 aromatic carbocycles. The average Bonchev–Trinajstić information content (AvgIpc) is 2.93. The van der Waals surface area contributed by atoms with Gasteiger partial charge < -0.3 is 5.32 Å². The summed E-state index contributed by atoms with van der Waals surface area (Å²) in [5.74, 6) is 0. The zero-order valence-electron chi connectivity index (χ0n) is 11.7. The third-order valence-electron chi connectivity index (χ3n) is 3.21. The maximum absolute atomic E-state index is 3.84. The summed E-state index contributed by atoms with van der Waals surface area (Å²) in [4.78, 5) is 0. The quantitative estimate of drug-likeness (QED) is 0.824. The predicted molar refractivity (Wildman–Crippen MR) is 78.6 cm³/mol. The molecule has 1 heterocycles. The van der Waals surface area contributed by atoms with Gasteiger partial charge in [0.2, 0.25) is 0 Å². The Morgan fingerprint density at radius 1 is 1.11 bits per heavy atom. The Labute approximate surface area is 114 Å². The van der Waals surface area contributed by atoms with E-state index in [0.717, 1.165) is 11.4 Å². The van der Waals surface area contributed by atoms with Crippen molar-refractivity contribution >= 4 is 5.69 Å². The molecule has 2 aromatic rings. The molecule has 19 heavy (non-hydrogen) atoms. The molecule has 0 saturated carbocycles. The summed E-state index contributed by atoms with van der Waals surface area (Å²) in [5, 5.41) is 11.3. The smallest absolute Gasteiger partial charge is 0.123 e. The van der Waals surface area contributed by atoms with E-state index in [1.807, 2.05) is 4.57 Å². The van der Waals surface area contributed by atoms with Gasteiger partial charge in [-0.3, -0.25) is 4.57 Å². The van der Waals surface area contributed by atoms with Crippen molar-refractivity contribution in [2.75, 3.05) is 5.32 Å². The second-order valence-electron chi connectivity index (χ2n) is 4.84. The highest BCUT2D eigenvalue weighted by molar-refractivity contribution is 5.51. The number of rotatable bonds is 7. The lowest BCUT2D eigenvalue weighted by Gasteiger charge is -2.19. The van der Waals surface area contributed by atoms with Crippen molar-refractivity contribution in [1.82, 2.24) is 14.8 Å². The van der Waals surface area contributed by atoms with E-state index in [9.17, 15) is 0 Å². The Balaban J connectivity index is 2.10. The van der Waals surface area contributed by atoms with Gasteiger partial charge in [0.15, 0.2) is 0 Å². The molecule has 1 N–H and O–H groups in total. The highest BCUT2D eigenvalue weighted by atomic mass is 15.2. The van der Waals surface area contributed by atoms with Crippen molar-refractivity contribution in [2.24, 2.45) is 0 Å². The molecule has 0 amide bonds. The Bertz CT molecular complexity index is 473. The third kappa shape index (κ3) is 3.81. The van der Waals surface area contributed by atoms with E-state index in [1.165, 1.54) is 25.7 Å². The zero-order chi connectivity index (χ0) is 13.5. The predicted octanol–water partition coefficient (Wildman–Crippen LogP) is 3.65. The van der Waals surface area contributed by atoms with Gasteiger partial charge in [0, 0.05) is 11.7 Å². The van der Waals surface area contributed by atoms with Crippen LogP contribution in [0.1, 0.15) is 39.5 Å². The molecule has 0 aliphatic rings. The van der Waals surface area contributed by atoms with Gasteiger partial charge in [-0.25, -0.2) is 0 Å². The molecule has 0 aliphatic heterocycles. The van der Waals surface area contributed by atoms with Crippen molar-refractivity contribution in [1.29, 1.82) is 0 Å². The first-order valence-electron chi connectivity index (χ1n) is 7.05. The van der Waals surface area contributed by atoms with Crippen molar-refractivity contribution in [3.05, 3.63) is 36.9 Å². The minimum Gasteiger partial charge on any atom is -0.382 e. The van der Waals surface area contributed by atoms with Gasteiger partial charge in [0.25, 0.3) is 0 Å². The Kier molecular flexibility index (Phi) is 4.95. The summed E-state index contributed by atoms with van der Waals surface area (Å²) in [7, 11) is 0. The minimum absolute atomic E-state index is 0.561. The van der Waals surface area contributed by atoms with Gasteiger partial charge in [-0.05, 0) is 31.0 Å². The van der Waals surface area contributed by atoms with E-state index in [0.29, 0.717) is 6.04 Å². The number of aromatic nitrogens is 3. The first-order valence-corrected chi connectivity index (χ1v) is 7.05. The molecule has 0 spiro atoms. The summed E-state index contributed by atoms with van der Waals surface area (Å²) < 4.78 is 1.92. The van der Waals surface area contributed by atoms with E-state index < -0.39 is 0 Å². The van der Waals surface area contributed by atoms with Crippen molar-refractivity contribution in [3.8, 4) is 5.69 Å². The third-order valence-corrected chi connectivity index (χ3v) is 3.21. The number of hydrogen-bond acceptors (Lipinski definition) is 3. The molecule has 0 radical (unpaired) electrons. The van der Waals surface area contributed by atoms with Crippen LogP contribution in [0, 0.1) is 0 Å². The van der Waals surface area contributed by atoms with Gasteiger partial charge in [-0.2, -0.15) is 0 Å². The molecule has 0 saturated heterocycles. The molecule has 0 fully saturated rings. The maximum Gasteiger partial charge on any atom is 0.123 e. The molecule has 102 valence electrons. The molecule has 0 unspecified atom stereocenters. The molecule has 4 heteroatoms. The Morgan fingerprint density at radius 2 is 1.79 bits per heavy atom. The fraction of sp³-hybridized carbons (Fsp3) is 0.467. The number of nitrogens with one attached hydrogen (secondary N) is 1. The van der Waals surface area contributed by atoms with E-state index in [4.69, 9.17) is 0 Å². The van der Waals surface area contributed by atoms with Crippen LogP contribution in [0.5, 0.6) is 0 Å². The highest BCUT2D eigenvalue weighted by Gasteiger charge is 2.07. The van der Waals surface area contributed by atoms with Crippen molar-refractivity contribution in [3.63, 3.8) is 0 Å². The number of benzene rings is 1. The Hall–Kier alpha value is -1.84. The first kappa shape index (κ1) is 13.6. The second kappa shape index (κ2) is 6.92. The SMILES string of the molecule is CCCC(CCC)Nc1cccc(-n2cnnc2)c1. The first-order chi connectivity index (χ1) is 9.33. The van der Waals surface area contributed by atoms with Gasteiger partial charge in [0.05, 0.1) is 5.69 Å². The highest BCUT2D eigenvalue weighted by Crippen LogP contribution is 2.17. The van der Waals surface area contributed by atoms with Crippen LogP contribution in [0.25, 0.3) is 5.69 Å². The largest absolute Gasteiger partial charge is 0.382 e. The number of hydrogen-bond donors (Lipinski definition) is 1. The molecule has 0 aliphatic carbocycles. The van der Waals surface area contributed by atoms with Crippen molar-refractivity contribution in [2.45, 2.75) is 45.6 Å². The van der Waals surface area contributed by atoms with Crippen molar-refractivity contribution < 1.29 is 0 Å². The van der Waals surface area contributed by atoms with Crippen LogP contribution >= 0.6 is 0 Å². The van der Waals surface area contributed by atoms with Crippen LogP contribution in [-0.4, -0.2) is 20.8 Å². The second-order valence-corrected chi connectivity index (χ2v) is 4.84. The lowest BCUT2D eigenvalue weighted by atomic mass is 10.1. The zero-order valence-corrected chi connectivity index (χ0v) is 11.7. The lowest BCUT2D eigenvalue weighted by Crippen LogP contribution is -2.18. The molecular weight excluding hydrogens is 236 g/mol. The minimum atomic E-state index is 0.561. The van der Waals surface area contributed by atoms with Gasteiger partial charge in [0.1, 0.15) is 12.7 Å². The summed E-state index contributed by atoms with van der Waals surface area (Å²) in [6.07, 6.45) is 8.28. The van der Waals surface area contributed by atoms with Crippen LogP contribution in [0.2, 0.25) is 0 Å². The normalized spacial score (nSPS) is 10.9. The van der Waals surface area contributed by atoms with Gasteiger partial charge in [-0.1, -0.05) is 32.8 Å². The van der Waals surface area contributed by atoms with Crippen LogP contribution in [-0.2, 0) is 0 Å². The number of nitrogens with zero attached hydrogens (tertiary/aromatic N) is 3. The molecule has 0 bridgehead atoms. The Morgan fingerprint density at radius 3 is 2.42 bits per heavy atom. The fourth-order valence-electron chi connectivity index (χ4n) is 2.31. The van der Waals surface area contributed by atoms with Gasteiger partial charge in [-0.15, -0.1) is 10.2 Å². The van der Waals surface area contributed by atoms with E-state index in [1.54, 1.807) is 12.7 Å². The molecule has 1 aromatic heterocycles. The average molecular weight is 258 g/mol. The summed E-state index contributed by atoms with van der Waals surface area (Å²) >= 11 is 0. The number of anilines is 1. The monoisotopic (exact) mass is 258 g/mol. The topological polar surface area (TPSA) is 42.7 Å². The summed E-state index contributed by atoms with van der Waals surface area (Å²) in [6.45, 7) is 4.47.